The minimum Gasteiger partial charge on any atom is -0.475 e. The van der Waals surface area contributed by atoms with Crippen molar-refractivity contribution in [2.24, 2.45) is 11.7 Å². The van der Waals surface area contributed by atoms with Crippen LogP contribution in [0.4, 0.5) is 0 Å². The minimum absolute atomic E-state index is 0.0810. The van der Waals surface area contributed by atoms with Crippen LogP contribution in [0.15, 0.2) is 15.4 Å². The van der Waals surface area contributed by atoms with Gasteiger partial charge in [0.2, 0.25) is 15.8 Å². The summed E-state index contributed by atoms with van der Waals surface area (Å²) in [4.78, 5) is 10.7. The van der Waals surface area contributed by atoms with Crippen LogP contribution in [0, 0.1) is 12.8 Å². The average molecular weight is 288 g/mol. The van der Waals surface area contributed by atoms with E-state index in [1.54, 1.807) is 0 Å². The van der Waals surface area contributed by atoms with E-state index < -0.39 is 16.0 Å². The molecule has 1 unspecified atom stereocenters. The maximum absolute atomic E-state index is 12.4. The number of rotatable bonds is 4. The van der Waals surface area contributed by atoms with Crippen molar-refractivity contribution in [3.8, 4) is 0 Å². The van der Waals surface area contributed by atoms with Crippen molar-refractivity contribution in [3.63, 3.8) is 0 Å². The molecule has 1 aliphatic heterocycles. The molecule has 8 heteroatoms. The molecule has 0 bridgehead atoms. The summed E-state index contributed by atoms with van der Waals surface area (Å²) in [6.07, 6.45) is 0.721. The first-order valence-electron chi connectivity index (χ1n) is 5.90. The highest BCUT2D eigenvalue weighted by Gasteiger charge is 2.34. The number of hydrogen-bond acceptors (Lipinski definition) is 5. The van der Waals surface area contributed by atoms with Crippen LogP contribution in [0.2, 0.25) is 0 Å². The van der Waals surface area contributed by atoms with E-state index in [9.17, 15) is 13.2 Å². The molecule has 7 nitrogen and oxygen atoms in total. The third-order valence-corrected chi connectivity index (χ3v) is 5.26. The monoisotopic (exact) mass is 288 g/mol. The zero-order valence-corrected chi connectivity index (χ0v) is 11.3. The van der Waals surface area contributed by atoms with Gasteiger partial charge >= 0.3 is 5.97 Å². The normalized spacial score (nSPS) is 20.8. The molecule has 0 aliphatic carbocycles. The van der Waals surface area contributed by atoms with Gasteiger partial charge < -0.3 is 15.3 Å². The van der Waals surface area contributed by atoms with Gasteiger partial charge in [-0.1, -0.05) is 0 Å². The molecule has 1 aromatic rings. The van der Waals surface area contributed by atoms with Gasteiger partial charge in [-0.15, -0.1) is 0 Å². The zero-order valence-electron chi connectivity index (χ0n) is 10.5. The fraction of sp³-hybridized carbons (Fsp3) is 0.545. The largest absolute Gasteiger partial charge is 0.475 e. The Morgan fingerprint density at radius 1 is 1.63 bits per heavy atom. The van der Waals surface area contributed by atoms with Gasteiger partial charge in [0.05, 0.1) is 0 Å². The summed E-state index contributed by atoms with van der Waals surface area (Å²) < 4.78 is 31.0. The molecule has 0 radical (unpaired) electrons. The second kappa shape index (κ2) is 4.95. The number of furan rings is 1. The highest BCUT2D eigenvalue weighted by molar-refractivity contribution is 7.89. The fourth-order valence-electron chi connectivity index (χ4n) is 2.17. The van der Waals surface area contributed by atoms with E-state index in [1.165, 1.54) is 11.2 Å². The molecule has 0 amide bonds. The van der Waals surface area contributed by atoms with E-state index in [0.717, 1.165) is 12.5 Å². The van der Waals surface area contributed by atoms with Gasteiger partial charge in [-0.05, 0) is 25.8 Å². The molecule has 1 saturated heterocycles. The Morgan fingerprint density at radius 3 is 2.79 bits per heavy atom. The first kappa shape index (κ1) is 14.0. The summed E-state index contributed by atoms with van der Waals surface area (Å²) in [5.74, 6) is -1.41. The van der Waals surface area contributed by atoms with Gasteiger partial charge in [-0.25, -0.2) is 13.2 Å². The van der Waals surface area contributed by atoms with Crippen molar-refractivity contribution >= 4 is 16.0 Å². The van der Waals surface area contributed by atoms with E-state index in [2.05, 4.69) is 0 Å². The number of aromatic carboxylic acids is 1. The average Bonchev–Trinajstić information content (AvgIpc) is 2.95. The molecule has 2 heterocycles. The highest BCUT2D eigenvalue weighted by atomic mass is 32.2. The molecule has 2 rings (SSSR count). The number of nitrogens with two attached hydrogens (primary N) is 1. The Balaban J connectivity index is 2.32. The number of carbonyl (C=O) groups is 1. The van der Waals surface area contributed by atoms with Crippen molar-refractivity contribution in [2.75, 3.05) is 19.6 Å². The number of hydrogen-bond donors (Lipinski definition) is 2. The van der Waals surface area contributed by atoms with Gasteiger partial charge in [-0.2, -0.15) is 4.31 Å². The van der Waals surface area contributed by atoms with E-state index in [1.807, 2.05) is 0 Å². The Kier molecular flexibility index (Phi) is 3.66. The third kappa shape index (κ3) is 2.51. The molecular formula is C11H16N2O5S. The lowest BCUT2D eigenvalue weighted by Gasteiger charge is -2.15. The van der Waals surface area contributed by atoms with Crippen LogP contribution >= 0.6 is 0 Å². The summed E-state index contributed by atoms with van der Waals surface area (Å²) in [5, 5.41) is 8.82. The van der Waals surface area contributed by atoms with E-state index in [0.29, 0.717) is 19.6 Å². The molecule has 1 aromatic heterocycles. The standard InChI is InChI=1S/C11H16N2O5S/c1-7-10(4-9(18-7)11(14)15)19(16,17)13-3-2-8(5-12)6-13/h4,8H,2-3,5-6,12H2,1H3,(H,14,15). The fourth-order valence-corrected chi connectivity index (χ4v) is 3.87. The Morgan fingerprint density at radius 2 is 2.32 bits per heavy atom. The van der Waals surface area contributed by atoms with Gasteiger partial charge in [0, 0.05) is 19.2 Å². The molecule has 3 N–H and O–H groups in total. The van der Waals surface area contributed by atoms with Crippen LogP contribution in [-0.4, -0.2) is 43.4 Å². The third-order valence-electron chi connectivity index (χ3n) is 3.28. The van der Waals surface area contributed by atoms with Crippen LogP contribution in [0.1, 0.15) is 22.7 Å². The van der Waals surface area contributed by atoms with Crippen molar-refractivity contribution in [2.45, 2.75) is 18.2 Å². The Hall–Kier alpha value is -1.38. The van der Waals surface area contributed by atoms with Crippen LogP contribution < -0.4 is 5.73 Å². The van der Waals surface area contributed by atoms with E-state index in [-0.39, 0.29) is 22.3 Å². The first-order chi connectivity index (χ1) is 8.86. The predicted octanol–water partition coefficient (Wildman–Crippen LogP) is 0.256. The molecule has 1 atom stereocenters. The molecular weight excluding hydrogens is 272 g/mol. The highest BCUT2D eigenvalue weighted by Crippen LogP contribution is 2.27. The summed E-state index contributed by atoms with van der Waals surface area (Å²) in [5.41, 5.74) is 5.53. The summed E-state index contributed by atoms with van der Waals surface area (Å²) in [6.45, 7) is 2.65. The molecule has 0 aromatic carbocycles. The second-order valence-electron chi connectivity index (χ2n) is 4.59. The van der Waals surface area contributed by atoms with Gasteiger partial charge in [0.15, 0.2) is 0 Å². The van der Waals surface area contributed by atoms with Crippen molar-refractivity contribution in [1.29, 1.82) is 0 Å². The smallest absolute Gasteiger partial charge is 0.371 e. The van der Waals surface area contributed by atoms with E-state index in [4.69, 9.17) is 15.3 Å². The predicted molar refractivity (Wildman–Crippen MR) is 66.3 cm³/mol. The van der Waals surface area contributed by atoms with Gasteiger partial charge in [-0.3, -0.25) is 0 Å². The zero-order chi connectivity index (χ0) is 14.2. The minimum atomic E-state index is -3.70. The number of nitrogens with zero attached hydrogens (tertiary/aromatic N) is 1. The molecule has 1 fully saturated rings. The second-order valence-corrected chi connectivity index (χ2v) is 6.50. The lowest BCUT2D eigenvalue weighted by Crippen LogP contribution is -2.30. The van der Waals surface area contributed by atoms with Gasteiger partial charge in [0.1, 0.15) is 10.7 Å². The van der Waals surface area contributed by atoms with Crippen LogP contribution in [0.3, 0.4) is 0 Å². The lowest BCUT2D eigenvalue weighted by molar-refractivity contribution is 0.0661. The Bertz CT molecular complexity index is 592. The molecule has 106 valence electrons. The SMILES string of the molecule is Cc1oc(C(=O)O)cc1S(=O)(=O)N1CCC(CN)C1. The quantitative estimate of drug-likeness (QED) is 0.821. The number of carboxylic acid groups (broad SMARTS) is 1. The number of carboxylic acids is 1. The number of aryl methyl sites for hydroxylation is 1. The van der Waals surface area contributed by atoms with Crippen molar-refractivity contribution in [3.05, 3.63) is 17.6 Å². The van der Waals surface area contributed by atoms with E-state index >= 15 is 0 Å². The maximum atomic E-state index is 12.4. The summed E-state index contributed by atoms with van der Waals surface area (Å²) in [6, 6.07) is 1.06. The topological polar surface area (TPSA) is 114 Å². The van der Waals surface area contributed by atoms with Crippen LogP contribution in [-0.2, 0) is 10.0 Å². The lowest BCUT2D eigenvalue weighted by atomic mass is 10.1. The van der Waals surface area contributed by atoms with Crippen molar-refractivity contribution < 1.29 is 22.7 Å². The van der Waals surface area contributed by atoms with Gasteiger partial charge in [0.25, 0.3) is 0 Å². The van der Waals surface area contributed by atoms with Crippen LogP contribution in [0.5, 0.6) is 0 Å². The van der Waals surface area contributed by atoms with Crippen LogP contribution in [0.25, 0.3) is 0 Å². The molecule has 1 aliphatic rings. The molecule has 0 saturated carbocycles. The molecule has 19 heavy (non-hydrogen) atoms. The Labute approximate surface area is 111 Å². The maximum Gasteiger partial charge on any atom is 0.371 e. The number of sulfonamides is 1. The summed E-state index contributed by atoms with van der Waals surface area (Å²) in [7, 11) is -3.70. The summed E-state index contributed by atoms with van der Waals surface area (Å²) >= 11 is 0. The van der Waals surface area contributed by atoms with Crippen molar-refractivity contribution in [1.82, 2.24) is 4.31 Å². The molecule has 0 spiro atoms. The first-order valence-corrected chi connectivity index (χ1v) is 7.34.